The van der Waals surface area contributed by atoms with Crippen LogP contribution in [-0.2, 0) is 0 Å². The van der Waals surface area contributed by atoms with Gasteiger partial charge >= 0.3 is 0 Å². The van der Waals surface area contributed by atoms with Gasteiger partial charge in [-0.1, -0.05) is 115 Å². The molecule has 0 fully saturated rings. The second kappa shape index (κ2) is 28.5. The highest BCUT2D eigenvalue weighted by Crippen LogP contribution is 2.14. The lowest BCUT2D eigenvalue weighted by molar-refractivity contribution is 0.186. The van der Waals surface area contributed by atoms with Gasteiger partial charge in [0.15, 0.2) is 0 Å². The summed E-state index contributed by atoms with van der Waals surface area (Å²) in [6, 6.07) is 0. The number of unbranched alkanes of at least 4 members (excludes halogenated alkanes) is 15. The highest BCUT2D eigenvalue weighted by molar-refractivity contribution is 8.23. The number of hydrogen-bond donors (Lipinski definition) is 3. The zero-order valence-corrected chi connectivity index (χ0v) is 19.4. The van der Waals surface area contributed by atoms with E-state index >= 15 is 0 Å². The van der Waals surface area contributed by atoms with Gasteiger partial charge in [-0.2, -0.15) is 0 Å². The normalized spacial score (nSPS) is 10.5. The molecule has 0 saturated carbocycles. The summed E-state index contributed by atoms with van der Waals surface area (Å²) in [7, 11) is 0. The Morgan fingerprint density at radius 3 is 1.22 bits per heavy atom. The summed E-state index contributed by atoms with van der Waals surface area (Å²) >= 11 is 6.62. The van der Waals surface area contributed by atoms with Gasteiger partial charge in [0.05, 0.1) is 24.0 Å². The van der Waals surface area contributed by atoms with Crippen LogP contribution < -0.4 is 0 Å². The van der Waals surface area contributed by atoms with Crippen LogP contribution >= 0.6 is 24.0 Å². The van der Waals surface area contributed by atoms with Crippen LogP contribution in [0, 0.1) is 0 Å². The molecule has 0 aliphatic carbocycles. The Morgan fingerprint density at radius 2 is 0.926 bits per heavy atom. The van der Waals surface area contributed by atoms with Crippen LogP contribution in [0.5, 0.6) is 0 Å². The summed E-state index contributed by atoms with van der Waals surface area (Å²) < 4.78 is 0.742. The number of hydrogen-bond acceptors (Lipinski definition) is 5. The second-order valence-electron chi connectivity index (χ2n) is 7.13. The first-order valence-electron chi connectivity index (χ1n) is 11.2. The first-order chi connectivity index (χ1) is 13.2. The largest absolute Gasteiger partial charge is 0.394 e. The molecule has 0 aliphatic rings. The zero-order chi connectivity index (χ0) is 20.4. The predicted molar refractivity (Wildman–Crippen MR) is 126 cm³/mol. The molecule has 0 spiro atoms. The molecular formula is C22H46O3S2. The van der Waals surface area contributed by atoms with E-state index in [4.69, 9.17) is 27.5 Å². The maximum Gasteiger partial charge on any atom is 0.0842 e. The first kappa shape index (κ1) is 29.5. The lowest BCUT2D eigenvalue weighted by Crippen LogP contribution is -1.95. The van der Waals surface area contributed by atoms with Gasteiger partial charge in [0.25, 0.3) is 0 Å². The van der Waals surface area contributed by atoms with Crippen LogP contribution in [0.1, 0.15) is 110 Å². The molecule has 0 aromatic heterocycles. The third kappa shape index (κ3) is 31.2. The van der Waals surface area contributed by atoms with Gasteiger partial charge in [-0.05, 0) is 12.2 Å². The van der Waals surface area contributed by atoms with Crippen molar-refractivity contribution < 1.29 is 15.3 Å². The lowest BCUT2D eigenvalue weighted by Gasteiger charge is -2.04. The third-order valence-electron chi connectivity index (χ3n) is 4.49. The minimum Gasteiger partial charge on any atom is -0.394 e. The maximum atomic E-state index is 8.81. The Labute approximate surface area is 178 Å². The van der Waals surface area contributed by atoms with E-state index in [0.717, 1.165) is 9.95 Å². The molecule has 164 valence electrons. The van der Waals surface area contributed by atoms with Crippen molar-refractivity contribution in [3.05, 3.63) is 0 Å². The van der Waals surface area contributed by atoms with Gasteiger partial charge in [-0.25, -0.2) is 0 Å². The number of thiocarbonyl (C=S) groups is 1. The van der Waals surface area contributed by atoms with Crippen molar-refractivity contribution in [1.82, 2.24) is 0 Å². The average Bonchev–Trinajstić information content (AvgIpc) is 2.70. The van der Waals surface area contributed by atoms with Crippen LogP contribution in [0.4, 0.5) is 0 Å². The highest BCUT2D eigenvalue weighted by Gasteiger charge is 1.96. The van der Waals surface area contributed by atoms with E-state index in [2.05, 4.69) is 6.92 Å². The van der Waals surface area contributed by atoms with Crippen LogP contribution in [0.3, 0.4) is 0 Å². The Kier molecular flexibility index (Phi) is 31.2. The van der Waals surface area contributed by atoms with Gasteiger partial charge in [0, 0.05) is 0 Å². The lowest BCUT2D eigenvalue weighted by atomic mass is 10.0. The van der Waals surface area contributed by atoms with Crippen molar-refractivity contribution in [1.29, 1.82) is 0 Å². The van der Waals surface area contributed by atoms with Gasteiger partial charge in [-0.15, -0.1) is 11.8 Å². The molecule has 27 heavy (non-hydrogen) atoms. The molecule has 0 radical (unpaired) electrons. The predicted octanol–water partition coefficient (Wildman–Crippen LogP) is 6.27. The monoisotopic (exact) mass is 422 g/mol. The minimum absolute atomic E-state index is 0.0544. The fraction of sp³-hybridized carbons (Fsp3) is 0.955. The summed E-state index contributed by atoms with van der Waals surface area (Å²) in [5.74, 6) is 1.08. The van der Waals surface area contributed by atoms with Gasteiger partial charge in [0.1, 0.15) is 0 Å². The van der Waals surface area contributed by atoms with Crippen LogP contribution in [0.25, 0.3) is 0 Å². The highest BCUT2D eigenvalue weighted by atomic mass is 32.2. The minimum atomic E-state index is -0.125. The molecule has 3 N–H and O–H groups in total. The van der Waals surface area contributed by atoms with E-state index < -0.39 is 0 Å². The molecule has 0 amide bonds. The zero-order valence-electron chi connectivity index (χ0n) is 17.8. The molecule has 0 bridgehead atoms. The smallest absolute Gasteiger partial charge is 0.0842 e. The molecule has 0 aromatic carbocycles. The quantitative estimate of drug-likeness (QED) is 0.169. The fourth-order valence-electron chi connectivity index (χ4n) is 2.88. The Morgan fingerprint density at radius 1 is 0.593 bits per heavy atom. The maximum absolute atomic E-state index is 8.81. The summed E-state index contributed by atoms with van der Waals surface area (Å²) in [6.07, 6.45) is 22.6. The summed E-state index contributed by atoms with van der Waals surface area (Å²) in [5, 5.41) is 24.1. The van der Waals surface area contributed by atoms with Crippen LogP contribution in [0.2, 0.25) is 0 Å². The first-order valence-corrected chi connectivity index (χ1v) is 12.6. The molecule has 0 aliphatic heterocycles. The van der Waals surface area contributed by atoms with E-state index in [9.17, 15) is 0 Å². The van der Waals surface area contributed by atoms with E-state index in [1.807, 2.05) is 0 Å². The van der Waals surface area contributed by atoms with E-state index in [1.54, 1.807) is 11.8 Å². The second-order valence-corrected chi connectivity index (χ2v) is 9.07. The molecule has 5 heteroatoms. The van der Waals surface area contributed by atoms with Crippen molar-refractivity contribution in [2.24, 2.45) is 0 Å². The average molecular weight is 423 g/mol. The Hall–Kier alpha value is 0.320. The summed E-state index contributed by atoms with van der Waals surface area (Å²) in [5.41, 5.74) is 0. The SMILES string of the molecule is CCCCCCCCCCCCCCCCCCSC(=S)CO.OCCO. The van der Waals surface area contributed by atoms with Crippen molar-refractivity contribution in [2.75, 3.05) is 25.6 Å². The van der Waals surface area contributed by atoms with Crippen molar-refractivity contribution in [2.45, 2.75) is 110 Å². The molecule has 0 atom stereocenters. The number of aliphatic hydroxyl groups excluding tert-OH is 3. The number of rotatable bonds is 19. The van der Waals surface area contributed by atoms with Gasteiger partial charge in [-0.3, -0.25) is 0 Å². The third-order valence-corrected chi connectivity index (χ3v) is 5.92. The van der Waals surface area contributed by atoms with E-state index in [1.165, 1.54) is 103 Å². The molecule has 0 unspecified atom stereocenters. The van der Waals surface area contributed by atoms with Crippen LogP contribution in [0.15, 0.2) is 0 Å². The molecule has 0 saturated heterocycles. The molecule has 3 nitrogen and oxygen atoms in total. The van der Waals surface area contributed by atoms with Crippen molar-refractivity contribution >= 4 is 28.2 Å². The number of thioether (sulfide) groups is 1. The van der Waals surface area contributed by atoms with E-state index in [-0.39, 0.29) is 19.8 Å². The standard InChI is InChI=1S/C20H40OS2.C2H6O2/c1-2-3-4-5-6-7-8-9-10-11-12-13-14-15-16-17-18-23-20(22)19-21;3-1-2-4/h21H,2-19H2,1H3;3-4H,1-2H2. The van der Waals surface area contributed by atoms with Gasteiger partial charge in [0.2, 0.25) is 0 Å². The summed E-state index contributed by atoms with van der Waals surface area (Å²) in [6.45, 7) is 2.09. The molecule has 0 rings (SSSR count). The van der Waals surface area contributed by atoms with Crippen molar-refractivity contribution in [3.8, 4) is 0 Å². The molecular weight excluding hydrogens is 376 g/mol. The molecule has 0 heterocycles. The molecule has 0 aromatic rings. The van der Waals surface area contributed by atoms with E-state index in [0.29, 0.717) is 0 Å². The Bertz CT molecular complexity index is 274. The summed E-state index contributed by atoms with van der Waals surface area (Å²) in [4.78, 5) is 0. The van der Waals surface area contributed by atoms with Crippen molar-refractivity contribution in [3.63, 3.8) is 0 Å². The number of aliphatic hydroxyl groups is 3. The van der Waals surface area contributed by atoms with Gasteiger partial charge < -0.3 is 15.3 Å². The topological polar surface area (TPSA) is 60.7 Å². The van der Waals surface area contributed by atoms with Crippen LogP contribution in [-0.4, -0.2) is 45.1 Å². The Balaban J connectivity index is 0. The fourth-order valence-corrected chi connectivity index (χ4v) is 3.80.